The van der Waals surface area contributed by atoms with Gasteiger partial charge in [-0.25, -0.2) is 0 Å². The molecule has 0 saturated carbocycles. The van der Waals surface area contributed by atoms with Crippen LogP contribution in [-0.4, -0.2) is 42.6 Å². The Kier molecular flexibility index (Phi) is 7.52. The van der Waals surface area contributed by atoms with Crippen LogP contribution in [0.25, 0.3) is 0 Å². The highest BCUT2D eigenvalue weighted by Crippen LogP contribution is 2.41. The second-order valence-corrected chi connectivity index (χ2v) is 9.22. The summed E-state index contributed by atoms with van der Waals surface area (Å²) in [5.41, 5.74) is 2.35. The highest BCUT2D eigenvalue weighted by atomic mass is 16.5. The topological polar surface area (TPSA) is 111 Å². The van der Waals surface area contributed by atoms with Crippen molar-refractivity contribution in [3.05, 3.63) is 64.7 Å². The number of benzene rings is 2. The quantitative estimate of drug-likeness (QED) is 0.571. The van der Waals surface area contributed by atoms with Crippen LogP contribution in [0, 0.1) is 16.7 Å². The molecule has 1 aliphatic carbocycles. The second kappa shape index (κ2) is 10.2. The smallest absolute Gasteiger partial charge is 0.217 e. The number of rotatable bonds is 8. The van der Waals surface area contributed by atoms with Gasteiger partial charge in [-0.15, -0.1) is 0 Å². The van der Waals surface area contributed by atoms with E-state index in [1.807, 2.05) is 26.0 Å². The number of nitrogens with one attached hydrogen (secondary N) is 2. The van der Waals surface area contributed by atoms with E-state index in [0.29, 0.717) is 29.7 Å². The number of aliphatic hydroxyl groups excluding tert-OH is 1. The van der Waals surface area contributed by atoms with E-state index in [2.05, 4.69) is 16.7 Å². The Bertz CT molecular complexity index is 1070. The van der Waals surface area contributed by atoms with E-state index in [9.17, 15) is 14.7 Å². The predicted octanol–water partition coefficient (Wildman–Crippen LogP) is 2.92. The molecular weight excluding hydrogens is 418 g/mol. The summed E-state index contributed by atoms with van der Waals surface area (Å²) in [6, 6.07) is 14.0. The van der Waals surface area contributed by atoms with Gasteiger partial charge >= 0.3 is 0 Å². The number of Topliss-reactive ketones (excluding diaryl/α,β-unsaturated/α-hetero) is 1. The van der Waals surface area contributed by atoms with Crippen LogP contribution in [-0.2, 0) is 11.2 Å². The number of carbonyl (C=O) groups is 2. The molecule has 0 aliphatic heterocycles. The van der Waals surface area contributed by atoms with Crippen molar-refractivity contribution in [2.24, 2.45) is 5.41 Å². The number of hydrogen-bond acceptors (Lipinski definition) is 6. The summed E-state index contributed by atoms with van der Waals surface area (Å²) >= 11 is 0. The first-order valence-electron chi connectivity index (χ1n) is 11.0. The molecular formula is C26H31N3O4. The third kappa shape index (κ3) is 5.78. The van der Waals surface area contributed by atoms with Crippen LogP contribution >= 0.6 is 0 Å². The van der Waals surface area contributed by atoms with E-state index in [1.165, 1.54) is 6.92 Å². The molecule has 3 rings (SSSR count). The largest absolute Gasteiger partial charge is 0.497 e. The van der Waals surface area contributed by atoms with Crippen LogP contribution < -0.4 is 15.4 Å². The van der Waals surface area contributed by atoms with Gasteiger partial charge in [-0.3, -0.25) is 9.59 Å². The van der Waals surface area contributed by atoms with Gasteiger partial charge in [-0.2, -0.15) is 5.26 Å². The van der Waals surface area contributed by atoms with Gasteiger partial charge in [0.05, 0.1) is 30.9 Å². The van der Waals surface area contributed by atoms with Gasteiger partial charge in [0.15, 0.2) is 5.78 Å². The molecule has 3 atom stereocenters. The van der Waals surface area contributed by atoms with Crippen molar-refractivity contribution in [2.45, 2.75) is 51.8 Å². The predicted molar refractivity (Wildman–Crippen MR) is 125 cm³/mol. The van der Waals surface area contributed by atoms with E-state index in [4.69, 9.17) is 10.00 Å². The zero-order valence-corrected chi connectivity index (χ0v) is 19.5. The molecule has 0 fully saturated rings. The summed E-state index contributed by atoms with van der Waals surface area (Å²) < 4.78 is 5.35. The molecule has 1 amide bonds. The number of hydrogen-bond donors (Lipinski definition) is 3. The molecule has 0 aromatic heterocycles. The number of carbonyl (C=O) groups excluding carboxylic acids is 2. The molecule has 33 heavy (non-hydrogen) atoms. The van der Waals surface area contributed by atoms with Crippen molar-refractivity contribution in [1.82, 2.24) is 10.6 Å². The van der Waals surface area contributed by atoms with Gasteiger partial charge in [-0.1, -0.05) is 26.0 Å². The molecule has 0 saturated heterocycles. The van der Waals surface area contributed by atoms with Gasteiger partial charge in [0.1, 0.15) is 5.75 Å². The summed E-state index contributed by atoms with van der Waals surface area (Å²) in [6.45, 7) is 5.48. The lowest BCUT2D eigenvalue weighted by atomic mass is 9.71. The fourth-order valence-electron chi connectivity index (χ4n) is 4.39. The maximum Gasteiger partial charge on any atom is 0.217 e. The van der Waals surface area contributed by atoms with Crippen LogP contribution in [0.15, 0.2) is 42.5 Å². The Morgan fingerprint density at radius 1 is 1.30 bits per heavy atom. The fraction of sp³-hybridized carbons (Fsp3) is 0.423. The van der Waals surface area contributed by atoms with Gasteiger partial charge in [-0.05, 0) is 54.3 Å². The van der Waals surface area contributed by atoms with Gasteiger partial charge in [0, 0.05) is 30.5 Å². The molecule has 0 heterocycles. The standard InChI is InChI=1S/C26H31N3O4/c1-16(30)29-22(11-17-6-5-7-18(10-17)14-27)24(31)15-28-23-13-26(2,3)25(32)20-9-8-19(33-4)12-21(20)23/h5-10,12,22-24,28,31H,11,13,15H2,1-4H3,(H,29,30)/t22-,23-,24+/m0/s1. The number of methoxy groups -OCH3 is 1. The highest BCUT2D eigenvalue weighted by molar-refractivity contribution is 6.02. The highest BCUT2D eigenvalue weighted by Gasteiger charge is 2.39. The summed E-state index contributed by atoms with van der Waals surface area (Å²) in [5.74, 6) is 0.518. The first-order valence-corrected chi connectivity index (χ1v) is 11.0. The fourth-order valence-corrected chi connectivity index (χ4v) is 4.39. The Labute approximate surface area is 194 Å². The Morgan fingerprint density at radius 2 is 2.06 bits per heavy atom. The monoisotopic (exact) mass is 449 g/mol. The van der Waals surface area contributed by atoms with Crippen molar-refractivity contribution in [2.75, 3.05) is 13.7 Å². The second-order valence-electron chi connectivity index (χ2n) is 9.22. The lowest BCUT2D eigenvalue weighted by molar-refractivity contribution is -0.120. The van der Waals surface area contributed by atoms with Crippen LogP contribution in [0.3, 0.4) is 0 Å². The van der Waals surface area contributed by atoms with Crippen molar-refractivity contribution >= 4 is 11.7 Å². The molecule has 2 aromatic rings. The van der Waals surface area contributed by atoms with Gasteiger partial charge in [0.25, 0.3) is 0 Å². The SMILES string of the molecule is COc1ccc2c(c1)[C@@H](NC[C@@H](O)[C@H](Cc1cccc(C#N)c1)NC(C)=O)CC(C)(C)C2=O. The van der Waals surface area contributed by atoms with E-state index >= 15 is 0 Å². The first kappa shape index (κ1) is 24.4. The van der Waals surface area contributed by atoms with Crippen LogP contribution in [0.2, 0.25) is 0 Å². The average molecular weight is 450 g/mol. The molecule has 7 nitrogen and oxygen atoms in total. The van der Waals surface area contributed by atoms with Crippen LogP contribution in [0.4, 0.5) is 0 Å². The summed E-state index contributed by atoms with van der Waals surface area (Å²) in [5, 5.41) is 26.4. The van der Waals surface area contributed by atoms with E-state index < -0.39 is 17.6 Å². The first-order chi connectivity index (χ1) is 15.6. The molecule has 0 bridgehead atoms. The Balaban J connectivity index is 1.78. The number of ketones is 1. The number of aliphatic hydroxyl groups is 1. The number of fused-ring (bicyclic) bond motifs is 1. The maximum absolute atomic E-state index is 12.9. The van der Waals surface area contributed by atoms with Crippen molar-refractivity contribution in [3.63, 3.8) is 0 Å². The minimum atomic E-state index is -0.880. The van der Waals surface area contributed by atoms with E-state index in [-0.39, 0.29) is 24.3 Å². The molecule has 1 aliphatic rings. The number of nitrogens with zero attached hydrogens (tertiary/aromatic N) is 1. The lowest BCUT2D eigenvalue weighted by Crippen LogP contribution is -2.49. The molecule has 0 radical (unpaired) electrons. The normalized spacial score (nSPS) is 18.5. The third-order valence-electron chi connectivity index (χ3n) is 6.15. The van der Waals surface area contributed by atoms with Crippen molar-refractivity contribution in [3.8, 4) is 11.8 Å². The summed E-state index contributed by atoms with van der Waals surface area (Å²) in [6.07, 6.45) is 0.0829. The molecule has 174 valence electrons. The number of ether oxygens (including phenoxy) is 1. The summed E-state index contributed by atoms with van der Waals surface area (Å²) in [4.78, 5) is 24.7. The lowest BCUT2D eigenvalue weighted by Gasteiger charge is -2.37. The van der Waals surface area contributed by atoms with Crippen molar-refractivity contribution in [1.29, 1.82) is 5.26 Å². The Morgan fingerprint density at radius 3 is 2.73 bits per heavy atom. The van der Waals surface area contributed by atoms with E-state index in [1.54, 1.807) is 37.4 Å². The third-order valence-corrected chi connectivity index (χ3v) is 6.15. The minimum Gasteiger partial charge on any atom is -0.497 e. The summed E-state index contributed by atoms with van der Waals surface area (Å²) in [7, 11) is 1.59. The molecule has 0 unspecified atom stereocenters. The molecule has 7 heteroatoms. The van der Waals surface area contributed by atoms with E-state index in [0.717, 1.165) is 11.1 Å². The van der Waals surface area contributed by atoms with Crippen molar-refractivity contribution < 1.29 is 19.4 Å². The van der Waals surface area contributed by atoms with Gasteiger partial charge in [0.2, 0.25) is 5.91 Å². The molecule has 2 aromatic carbocycles. The Hall–Kier alpha value is -3.21. The molecule has 0 spiro atoms. The average Bonchev–Trinajstić information content (AvgIpc) is 2.79. The zero-order valence-electron chi connectivity index (χ0n) is 19.5. The van der Waals surface area contributed by atoms with Crippen LogP contribution in [0.1, 0.15) is 60.3 Å². The maximum atomic E-state index is 12.9. The molecule has 3 N–H and O–H groups in total. The zero-order chi connectivity index (χ0) is 24.2. The van der Waals surface area contributed by atoms with Crippen LogP contribution in [0.5, 0.6) is 5.75 Å². The number of nitriles is 1. The van der Waals surface area contributed by atoms with Gasteiger partial charge < -0.3 is 20.5 Å². The number of amides is 1. The minimum absolute atomic E-state index is 0.0900.